The molecule has 3 aliphatic rings. The van der Waals surface area contributed by atoms with E-state index in [-0.39, 0.29) is 34.2 Å². The van der Waals surface area contributed by atoms with Gasteiger partial charge in [0.25, 0.3) is 11.5 Å². The molecule has 4 N–H and O–H groups in total. The molecule has 1 fully saturated rings. The van der Waals surface area contributed by atoms with Gasteiger partial charge in [0.1, 0.15) is 11.0 Å². The Kier molecular flexibility index (Phi) is 4.76. The van der Waals surface area contributed by atoms with Crippen molar-refractivity contribution in [1.82, 2.24) is 21.1 Å². The molecule has 1 aliphatic carbocycles. The number of fused-ring (bicyclic) bond motifs is 1. The van der Waals surface area contributed by atoms with Crippen LogP contribution in [0.5, 0.6) is 0 Å². The van der Waals surface area contributed by atoms with Gasteiger partial charge in [-0.1, -0.05) is 47.1 Å². The number of hydroxylamine groups is 1. The molecule has 5 rings (SSSR count). The first-order valence-corrected chi connectivity index (χ1v) is 10.1. The molecule has 2 aromatic rings. The van der Waals surface area contributed by atoms with Gasteiger partial charge in [-0.05, 0) is 30.5 Å². The van der Waals surface area contributed by atoms with Crippen molar-refractivity contribution < 1.29 is 20.0 Å². The van der Waals surface area contributed by atoms with Crippen LogP contribution in [0.2, 0.25) is 5.15 Å². The molecule has 1 atom stereocenters. The summed E-state index contributed by atoms with van der Waals surface area (Å²) < 4.78 is 0. The number of carbonyl (C=O) groups is 2. The Morgan fingerprint density at radius 3 is 2.47 bits per heavy atom. The van der Waals surface area contributed by atoms with Gasteiger partial charge in [-0.3, -0.25) is 9.59 Å². The summed E-state index contributed by atoms with van der Waals surface area (Å²) in [5.41, 5.74) is 6.76. The van der Waals surface area contributed by atoms with Crippen LogP contribution in [0.25, 0.3) is 0 Å². The SMILES string of the molecule is O=C1C2=C(C(=O)c3ccccc31)[NH+](O)NN2NC1CCN(c2cccc(Cl)n2)CC1. The number of hydrogen-bond acceptors (Lipinski definition) is 8. The molecule has 9 nitrogen and oxygen atoms in total. The molecule has 0 amide bonds. The van der Waals surface area contributed by atoms with Crippen LogP contribution in [0.4, 0.5) is 5.82 Å². The molecule has 0 spiro atoms. The number of anilines is 1. The number of hydrazine groups is 2. The van der Waals surface area contributed by atoms with Crippen molar-refractivity contribution >= 4 is 29.0 Å². The Labute approximate surface area is 177 Å². The number of hydrogen-bond donors (Lipinski definition) is 4. The maximum absolute atomic E-state index is 13.0. The normalized spacial score (nSPS) is 21.9. The van der Waals surface area contributed by atoms with E-state index in [1.54, 1.807) is 30.3 Å². The molecule has 3 heterocycles. The Morgan fingerprint density at radius 1 is 1.07 bits per heavy atom. The van der Waals surface area contributed by atoms with Crippen LogP contribution in [0.15, 0.2) is 53.9 Å². The van der Waals surface area contributed by atoms with E-state index in [0.29, 0.717) is 16.3 Å². The molecule has 0 saturated carbocycles. The fourth-order valence-electron chi connectivity index (χ4n) is 4.10. The Bertz CT molecular complexity index is 1070. The summed E-state index contributed by atoms with van der Waals surface area (Å²) in [5, 5.41) is 11.9. The first kappa shape index (κ1) is 19.2. The van der Waals surface area contributed by atoms with Gasteiger partial charge in [0.05, 0.1) is 0 Å². The van der Waals surface area contributed by atoms with Crippen LogP contribution in [0.3, 0.4) is 0 Å². The Morgan fingerprint density at radius 2 is 1.77 bits per heavy atom. The monoisotopic (exact) mass is 427 g/mol. The summed E-state index contributed by atoms with van der Waals surface area (Å²) >= 11 is 5.99. The van der Waals surface area contributed by atoms with E-state index < -0.39 is 0 Å². The fourth-order valence-corrected chi connectivity index (χ4v) is 4.26. The number of Topliss-reactive ketones (excluding diaryl/α,β-unsaturated/α-hetero) is 2. The summed E-state index contributed by atoms with van der Waals surface area (Å²) in [6.07, 6.45) is 1.57. The summed E-state index contributed by atoms with van der Waals surface area (Å²) in [6.45, 7) is 1.52. The third-order valence-corrected chi connectivity index (χ3v) is 5.81. The molecule has 1 aromatic carbocycles. The predicted octanol–water partition coefficient (Wildman–Crippen LogP) is 0.509. The summed E-state index contributed by atoms with van der Waals surface area (Å²) in [4.78, 5) is 32.3. The standard InChI is InChI=1S/C20H19ClN6O3/c21-15-6-3-7-16(22-15)25-10-8-12(9-11-25)23-26-17-18(27(30)24-26)20(29)14-5-2-1-4-13(14)19(17)28/h1-7,12,23-24,30H,8-11H2/p+1. The van der Waals surface area contributed by atoms with E-state index in [0.717, 1.165) is 31.7 Å². The smallest absolute Gasteiger partial charge is 0.264 e. The van der Waals surface area contributed by atoms with Gasteiger partial charge in [-0.15, -0.1) is 0 Å². The number of pyridine rings is 1. The van der Waals surface area contributed by atoms with Crippen molar-refractivity contribution in [2.24, 2.45) is 0 Å². The zero-order valence-corrected chi connectivity index (χ0v) is 16.7. The molecular formula is C20H20ClN6O3+. The highest BCUT2D eigenvalue weighted by Gasteiger charge is 2.48. The number of halogens is 1. The highest BCUT2D eigenvalue weighted by Crippen LogP contribution is 2.27. The van der Waals surface area contributed by atoms with Crippen molar-refractivity contribution in [2.45, 2.75) is 18.9 Å². The molecule has 0 bridgehead atoms. The van der Waals surface area contributed by atoms with Crippen LogP contribution in [0.1, 0.15) is 33.6 Å². The first-order chi connectivity index (χ1) is 14.5. The number of quaternary nitrogens is 1. The first-order valence-electron chi connectivity index (χ1n) is 9.72. The number of ketones is 2. The van der Waals surface area contributed by atoms with Crippen molar-refractivity contribution in [3.8, 4) is 0 Å². The van der Waals surface area contributed by atoms with Gasteiger partial charge >= 0.3 is 0 Å². The second kappa shape index (κ2) is 7.46. The van der Waals surface area contributed by atoms with Crippen molar-refractivity contribution in [1.29, 1.82) is 0 Å². The molecular weight excluding hydrogens is 408 g/mol. The Hall–Kier alpha value is -2.82. The van der Waals surface area contributed by atoms with E-state index in [1.165, 1.54) is 5.12 Å². The molecule has 0 radical (unpaired) electrons. The van der Waals surface area contributed by atoms with E-state index in [1.807, 2.05) is 12.1 Å². The molecule has 30 heavy (non-hydrogen) atoms. The van der Waals surface area contributed by atoms with Crippen LogP contribution in [0, 0.1) is 0 Å². The molecule has 1 aromatic heterocycles. The molecule has 10 heteroatoms. The van der Waals surface area contributed by atoms with Gasteiger partial charge in [0.15, 0.2) is 5.70 Å². The third-order valence-electron chi connectivity index (χ3n) is 5.60. The highest BCUT2D eigenvalue weighted by atomic mass is 35.5. The van der Waals surface area contributed by atoms with Crippen molar-refractivity contribution in [3.63, 3.8) is 0 Å². The molecule has 1 unspecified atom stereocenters. The van der Waals surface area contributed by atoms with Crippen LogP contribution < -0.4 is 21.0 Å². The quantitative estimate of drug-likeness (QED) is 0.525. The lowest BCUT2D eigenvalue weighted by molar-refractivity contribution is -1.09. The van der Waals surface area contributed by atoms with Crippen LogP contribution in [-0.2, 0) is 0 Å². The zero-order valence-electron chi connectivity index (χ0n) is 15.9. The van der Waals surface area contributed by atoms with Crippen molar-refractivity contribution in [3.05, 3.63) is 70.1 Å². The summed E-state index contributed by atoms with van der Waals surface area (Å²) in [5.74, 6) is 0.169. The highest BCUT2D eigenvalue weighted by molar-refractivity contribution is 6.29. The lowest BCUT2D eigenvalue weighted by Gasteiger charge is -2.35. The number of nitrogens with zero attached hydrogens (tertiary/aromatic N) is 3. The maximum atomic E-state index is 13.0. The van der Waals surface area contributed by atoms with Gasteiger partial charge in [0.2, 0.25) is 5.78 Å². The van der Waals surface area contributed by atoms with Crippen LogP contribution in [-0.4, -0.2) is 46.0 Å². The summed E-state index contributed by atoms with van der Waals surface area (Å²) in [6, 6.07) is 12.2. The molecule has 2 aliphatic heterocycles. The number of allylic oxidation sites excluding steroid dienone is 2. The van der Waals surface area contributed by atoms with Gasteiger partial charge in [-0.25, -0.2) is 10.4 Å². The zero-order chi connectivity index (χ0) is 20.8. The number of piperidine rings is 1. The third kappa shape index (κ3) is 3.17. The van der Waals surface area contributed by atoms with Gasteiger partial charge in [-0.2, -0.15) is 10.3 Å². The molecule has 1 saturated heterocycles. The van der Waals surface area contributed by atoms with Crippen molar-refractivity contribution in [2.75, 3.05) is 18.0 Å². The van der Waals surface area contributed by atoms with E-state index in [9.17, 15) is 14.8 Å². The lowest BCUT2D eigenvalue weighted by atomic mass is 9.91. The minimum Gasteiger partial charge on any atom is -0.356 e. The average Bonchev–Trinajstić information content (AvgIpc) is 3.08. The van der Waals surface area contributed by atoms with E-state index in [4.69, 9.17) is 11.6 Å². The van der Waals surface area contributed by atoms with Gasteiger partial charge in [0, 0.05) is 30.3 Å². The number of carbonyl (C=O) groups excluding carboxylic acids is 2. The second-order valence-corrected chi connectivity index (χ2v) is 7.82. The van der Waals surface area contributed by atoms with Crippen LogP contribution >= 0.6 is 11.6 Å². The topological polar surface area (TPSA) is 102 Å². The average molecular weight is 428 g/mol. The predicted molar refractivity (Wildman–Crippen MR) is 107 cm³/mol. The maximum Gasteiger partial charge on any atom is 0.264 e. The van der Waals surface area contributed by atoms with E-state index >= 15 is 0 Å². The second-order valence-electron chi connectivity index (χ2n) is 7.43. The minimum atomic E-state index is -0.364. The molecule has 154 valence electrons. The fraction of sp³-hybridized carbons (Fsp3) is 0.250. The minimum absolute atomic E-state index is 0.00626. The van der Waals surface area contributed by atoms with Gasteiger partial charge < -0.3 is 4.90 Å². The van der Waals surface area contributed by atoms with E-state index in [2.05, 4.69) is 20.8 Å². The number of benzene rings is 1. The number of nitrogens with one attached hydrogen (secondary N) is 3. The summed E-state index contributed by atoms with van der Waals surface area (Å²) in [7, 11) is 0. The largest absolute Gasteiger partial charge is 0.356 e. The number of aromatic nitrogens is 1. The lowest BCUT2D eigenvalue weighted by Crippen LogP contribution is -3.15. The number of rotatable bonds is 3. The Balaban J connectivity index is 1.31.